The summed E-state index contributed by atoms with van der Waals surface area (Å²) < 4.78 is 21.2. The standard InChI is InChI=1S/C22H17FN2O3S/c1-28-22(27)16-7-2-3-8-17(16)24-21(26)19-12-20-18(9-10-29-20)25(19)13-14-5-4-6-15(23)11-14/h2-12H,13H2,1H3,(H,24,26). The fraction of sp³-hybridized carbons (Fsp3) is 0.0909. The van der Waals surface area contributed by atoms with Gasteiger partial charge in [-0.05, 0) is 47.3 Å². The van der Waals surface area contributed by atoms with E-state index in [2.05, 4.69) is 5.32 Å². The van der Waals surface area contributed by atoms with Crippen molar-refractivity contribution in [1.29, 1.82) is 0 Å². The number of thiophene rings is 1. The smallest absolute Gasteiger partial charge is 0.339 e. The van der Waals surface area contributed by atoms with E-state index < -0.39 is 5.97 Å². The molecule has 0 fully saturated rings. The molecule has 5 nitrogen and oxygen atoms in total. The number of nitrogens with zero attached hydrogens (tertiary/aromatic N) is 1. The summed E-state index contributed by atoms with van der Waals surface area (Å²) in [7, 11) is 1.29. The third-order valence-corrected chi connectivity index (χ3v) is 5.42. The van der Waals surface area contributed by atoms with E-state index in [0.717, 1.165) is 15.8 Å². The van der Waals surface area contributed by atoms with Crippen LogP contribution in [0.3, 0.4) is 0 Å². The Kier molecular flexibility index (Phi) is 5.14. The molecule has 0 atom stereocenters. The van der Waals surface area contributed by atoms with E-state index in [0.29, 0.717) is 17.9 Å². The van der Waals surface area contributed by atoms with E-state index in [1.54, 1.807) is 36.4 Å². The van der Waals surface area contributed by atoms with Gasteiger partial charge in [0.05, 0.1) is 28.6 Å². The van der Waals surface area contributed by atoms with Gasteiger partial charge in [-0.15, -0.1) is 11.3 Å². The number of hydrogen-bond acceptors (Lipinski definition) is 4. The van der Waals surface area contributed by atoms with Crippen LogP contribution in [0.1, 0.15) is 26.4 Å². The maximum atomic E-state index is 13.6. The second-order valence-corrected chi connectivity index (χ2v) is 7.35. The Morgan fingerprint density at radius 3 is 2.72 bits per heavy atom. The van der Waals surface area contributed by atoms with Gasteiger partial charge in [0.2, 0.25) is 0 Å². The van der Waals surface area contributed by atoms with Crippen LogP contribution in [0.2, 0.25) is 0 Å². The second kappa shape index (κ2) is 7.89. The van der Waals surface area contributed by atoms with Crippen LogP contribution in [-0.2, 0) is 11.3 Å². The number of amides is 1. The first-order valence-corrected chi connectivity index (χ1v) is 9.74. The lowest BCUT2D eigenvalue weighted by Crippen LogP contribution is -2.19. The molecule has 2 aromatic heterocycles. The molecular formula is C22H17FN2O3S. The minimum atomic E-state index is -0.531. The Hall–Kier alpha value is -3.45. The molecule has 2 aromatic carbocycles. The van der Waals surface area contributed by atoms with Crippen LogP contribution in [0.15, 0.2) is 66.0 Å². The van der Waals surface area contributed by atoms with Crippen LogP contribution in [0.25, 0.3) is 10.2 Å². The molecule has 4 rings (SSSR count). The molecule has 0 saturated carbocycles. The zero-order valence-corrected chi connectivity index (χ0v) is 16.3. The summed E-state index contributed by atoms with van der Waals surface area (Å²) in [5.74, 6) is -1.22. The molecule has 0 spiro atoms. The van der Waals surface area contributed by atoms with Crippen LogP contribution >= 0.6 is 11.3 Å². The molecule has 0 unspecified atom stereocenters. The predicted octanol–water partition coefficient (Wildman–Crippen LogP) is 4.93. The van der Waals surface area contributed by atoms with E-state index in [4.69, 9.17) is 4.74 Å². The Morgan fingerprint density at radius 1 is 1.10 bits per heavy atom. The molecule has 146 valence electrons. The first kappa shape index (κ1) is 18.9. The predicted molar refractivity (Wildman–Crippen MR) is 111 cm³/mol. The maximum absolute atomic E-state index is 13.6. The Balaban J connectivity index is 1.70. The number of methoxy groups -OCH3 is 1. The van der Waals surface area contributed by atoms with Crippen LogP contribution in [-0.4, -0.2) is 23.6 Å². The summed E-state index contributed by atoms with van der Waals surface area (Å²) in [6, 6.07) is 16.7. The molecular weight excluding hydrogens is 391 g/mol. The lowest BCUT2D eigenvalue weighted by Gasteiger charge is -2.13. The van der Waals surface area contributed by atoms with Crippen LogP contribution in [0, 0.1) is 5.82 Å². The van der Waals surface area contributed by atoms with Crippen LogP contribution in [0.5, 0.6) is 0 Å². The Bertz CT molecular complexity index is 1210. The van der Waals surface area contributed by atoms with Crippen molar-refractivity contribution < 1.29 is 18.7 Å². The summed E-state index contributed by atoms with van der Waals surface area (Å²) in [5.41, 5.74) is 2.71. The number of esters is 1. The van der Waals surface area contributed by atoms with Gasteiger partial charge < -0.3 is 14.6 Å². The average molecular weight is 408 g/mol. The third-order valence-electron chi connectivity index (χ3n) is 4.57. The molecule has 29 heavy (non-hydrogen) atoms. The number of benzene rings is 2. The molecule has 1 amide bonds. The molecule has 1 N–H and O–H groups in total. The van der Waals surface area contributed by atoms with E-state index in [1.807, 2.05) is 22.1 Å². The number of halogens is 1. The van der Waals surface area contributed by atoms with Gasteiger partial charge in [-0.2, -0.15) is 0 Å². The molecule has 0 bridgehead atoms. The monoisotopic (exact) mass is 408 g/mol. The van der Waals surface area contributed by atoms with Crippen molar-refractivity contribution in [3.63, 3.8) is 0 Å². The molecule has 0 aliphatic rings. The molecule has 7 heteroatoms. The van der Waals surface area contributed by atoms with Gasteiger partial charge in [0.1, 0.15) is 11.5 Å². The lowest BCUT2D eigenvalue weighted by molar-refractivity contribution is 0.0602. The molecule has 2 heterocycles. The maximum Gasteiger partial charge on any atom is 0.339 e. The highest BCUT2D eigenvalue weighted by molar-refractivity contribution is 7.17. The average Bonchev–Trinajstić information content (AvgIpc) is 3.30. The van der Waals surface area contributed by atoms with Crippen LogP contribution in [0.4, 0.5) is 10.1 Å². The number of ether oxygens (including phenoxy) is 1. The number of anilines is 1. The first-order valence-electron chi connectivity index (χ1n) is 8.86. The minimum Gasteiger partial charge on any atom is -0.465 e. The topological polar surface area (TPSA) is 60.3 Å². The molecule has 0 aliphatic carbocycles. The van der Waals surface area contributed by atoms with Gasteiger partial charge in [-0.1, -0.05) is 24.3 Å². The highest BCUT2D eigenvalue weighted by Crippen LogP contribution is 2.27. The third kappa shape index (κ3) is 3.77. The van der Waals surface area contributed by atoms with Crippen molar-refractivity contribution in [3.05, 3.63) is 88.7 Å². The first-order chi connectivity index (χ1) is 14.1. The Labute approximate surface area is 170 Å². The van der Waals surface area contributed by atoms with Crippen LogP contribution < -0.4 is 5.32 Å². The van der Waals surface area contributed by atoms with Crippen molar-refractivity contribution >= 4 is 39.1 Å². The number of hydrogen-bond donors (Lipinski definition) is 1. The molecule has 0 radical (unpaired) electrons. The quantitative estimate of drug-likeness (QED) is 0.477. The zero-order valence-electron chi connectivity index (χ0n) is 15.5. The van der Waals surface area contributed by atoms with Crippen molar-refractivity contribution in [2.24, 2.45) is 0 Å². The highest BCUT2D eigenvalue weighted by Gasteiger charge is 2.19. The zero-order chi connectivity index (χ0) is 20.4. The van der Waals surface area contributed by atoms with Crippen molar-refractivity contribution in [3.8, 4) is 0 Å². The molecule has 0 aliphatic heterocycles. The van der Waals surface area contributed by atoms with E-state index in [1.165, 1.54) is 30.6 Å². The summed E-state index contributed by atoms with van der Waals surface area (Å²) in [6.45, 7) is 0.347. The van der Waals surface area contributed by atoms with Gasteiger partial charge in [0, 0.05) is 6.54 Å². The number of nitrogens with one attached hydrogen (secondary N) is 1. The SMILES string of the molecule is COC(=O)c1ccccc1NC(=O)c1cc2sccc2n1Cc1cccc(F)c1. The van der Waals surface area contributed by atoms with E-state index >= 15 is 0 Å². The molecule has 4 aromatic rings. The summed E-state index contributed by atoms with van der Waals surface area (Å²) in [6.07, 6.45) is 0. The number of fused-ring (bicyclic) bond motifs is 1. The number of para-hydroxylation sites is 1. The lowest BCUT2D eigenvalue weighted by atomic mass is 10.1. The van der Waals surface area contributed by atoms with Gasteiger partial charge in [0.15, 0.2) is 0 Å². The van der Waals surface area contributed by atoms with E-state index in [9.17, 15) is 14.0 Å². The minimum absolute atomic E-state index is 0.272. The second-order valence-electron chi connectivity index (χ2n) is 6.41. The van der Waals surface area contributed by atoms with Gasteiger partial charge in [0.25, 0.3) is 5.91 Å². The van der Waals surface area contributed by atoms with Gasteiger partial charge in [-0.25, -0.2) is 9.18 Å². The Morgan fingerprint density at radius 2 is 1.93 bits per heavy atom. The normalized spacial score (nSPS) is 10.8. The summed E-state index contributed by atoms with van der Waals surface area (Å²) in [4.78, 5) is 25.0. The number of aromatic nitrogens is 1. The van der Waals surface area contributed by atoms with E-state index in [-0.39, 0.29) is 17.3 Å². The van der Waals surface area contributed by atoms with Crippen molar-refractivity contribution in [2.45, 2.75) is 6.54 Å². The number of rotatable bonds is 5. The number of carbonyl (C=O) groups is 2. The van der Waals surface area contributed by atoms with Gasteiger partial charge >= 0.3 is 5.97 Å². The molecule has 0 saturated heterocycles. The highest BCUT2D eigenvalue weighted by atomic mass is 32.1. The summed E-state index contributed by atoms with van der Waals surface area (Å²) >= 11 is 1.52. The van der Waals surface area contributed by atoms with Gasteiger partial charge in [-0.3, -0.25) is 4.79 Å². The van der Waals surface area contributed by atoms with Crippen molar-refractivity contribution in [2.75, 3.05) is 12.4 Å². The van der Waals surface area contributed by atoms with Crippen molar-refractivity contribution in [1.82, 2.24) is 4.57 Å². The fourth-order valence-electron chi connectivity index (χ4n) is 3.22. The largest absolute Gasteiger partial charge is 0.465 e. The number of carbonyl (C=O) groups excluding carboxylic acids is 2. The fourth-order valence-corrected chi connectivity index (χ4v) is 4.04. The summed E-state index contributed by atoms with van der Waals surface area (Å²) in [5, 5.41) is 4.75.